The molecule has 9 heteroatoms. The Bertz CT molecular complexity index is 685. The second-order valence-electron chi connectivity index (χ2n) is 3.95. The van der Waals surface area contributed by atoms with Crippen LogP contribution in [0, 0.1) is 6.92 Å². The van der Waals surface area contributed by atoms with Crippen LogP contribution in [-0.2, 0) is 16.6 Å². The van der Waals surface area contributed by atoms with Crippen LogP contribution in [0.1, 0.15) is 12.1 Å². The van der Waals surface area contributed by atoms with Crippen molar-refractivity contribution in [2.24, 2.45) is 0 Å². The molecule has 0 unspecified atom stereocenters. The summed E-state index contributed by atoms with van der Waals surface area (Å²) >= 11 is 0.698. The van der Waals surface area contributed by atoms with Gasteiger partial charge in [0.1, 0.15) is 0 Å². The van der Waals surface area contributed by atoms with Crippen LogP contribution in [0.25, 0.3) is 0 Å². The molecule has 19 heavy (non-hydrogen) atoms. The largest absolute Gasteiger partial charge is 0.315 e. The molecule has 7 nitrogen and oxygen atoms in total. The van der Waals surface area contributed by atoms with Gasteiger partial charge in [-0.15, -0.1) is 0 Å². The third-order valence-electron chi connectivity index (χ3n) is 2.44. The minimum Gasteiger partial charge on any atom is -0.315 e. The molecule has 0 aliphatic carbocycles. The zero-order valence-electron chi connectivity index (χ0n) is 10.3. The quantitative estimate of drug-likeness (QED) is 0.750. The van der Waals surface area contributed by atoms with Crippen LogP contribution in [0.4, 0.5) is 0 Å². The summed E-state index contributed by atoms with van der Waals surface area (Å²) in [6, 6.07) is 1.81. The van der Waals surface area contributed by atoms with Gasteiger partial charge in [0.25, 0.3) is 10.0 Å². The molecular weight excluding hydrogens is 288 g/mol. The molecule has 0 aromatic carbocycles. The zero-order chi connectivity index (χ0) is 13.9. The van der Waals surface area contributed by atoms with Gasteiger partial charge in [0, 0.05) is 31.2 Å². The molecule has 0 aliphatic rings. The predicted octanol–water partition coefficient (Wildman–Crippen LogP) is 0.310. The number of aryl methyl sites for hydroxylation is 2. The van der Waals surface area contributed by atoms with Crippen molar-refractivity contribution in [3.05, 3.63) is 33.8 Å². The van der Waals surface area contributed by atoms with Crippen molar-refractivity contribution < 1.29 is 8.42 Å². The molecule has 0 atom stereocenters. The average Bonchev–Trinajstić information content (AvgIpc) is 2.94. The Morgan fingerprint density at radius 3 is 2.89 bits per heavy atom. The highest BCUT2D eigenvalue weighted by Gasteiger charge is 2.19. The molecule has 2 aromatic heterocycles. The van der Waals surface area contributed by atoms with Crippen molar-refractivity contribution in [3.63, 3.8) is 0 Å². The number of sulfonamides is 1. The standard InChI is InChI=1S/C10H14N4O3S2/c1-8-9(18-10(15)13-8)19(16,17)12-5-3-7-14-6-2-4-11-14/h2,4,6,12H,3,5,7H2,1H3,(H,13,15). The molecule has 0 amide bonds. The van der Waals surface area contributed by atoms with Gasteiger partial charge in [-0.3, -0.25) is 9.48 Å². The van der Waals surface area contributed by atoms with Crippen LogP contribution in [0.3, 0.4) is 0 Å². The molecule has 0 bridgehead atoms. The third-order valence-corrected chi connectivity index (χ3v) is 5.51. The molecule has 0 fully saturated rings. The number of rotatable bonds is 6. The molecule has 0 radical (unpaired) electrons. The van der Waals surface area contributed by atoms with E-state index in [-0.39, 0.29) is 9.08 Å². The molecule has 2 rings (SSSR count). The average molecular weight is 302 g/mol. The fourth-order valence-corrected chi connectivity index (χ4v) is 4.01. The molecular formula is C10H14N4O3S2. The SMILES string of the molecule is Cc1[nH]c(=O)sc1S(=O)(=O)NCCCn1cccn1. The molecule has 2 N–H and O–H groups in total. The monoisotopic (exact) mass is 302 g/mol. The van der Waals surface area contributed by atoms with Gasteiger partial charge < -0.3 is 4.98 Å². The van der Waals surface area contributed by atoms with Crippen LogP contribution in [-0.4, -0.2) is 29.7 Å². The second kappa shape index (κ2) is 5.68. The molecule has 104 valence electrons. The Morgan fingerprint density at radius 1 is 1.53 bits per heavy atom. The number of hydrogen-bond acceptors (Lipinski definition) is 5. The van der Waals surface area contributed by atoms with Crippen molar-refractivity contribution >= 4 is 21.4 Å². The van der Waals surface area contributed by atoms with E-state index in [1.807, 2.05) is 12.3 Å². The summed E-state index contributed by atoms with van der Waals surface area (Å²) in [7, 11) is -3.60. The maximum absolute atomic E-state index is 11.9. The van der Waals surface area contributed by atoms with E-state index in [9.17, 15) is 13.2 Å². The number of H-pyrrole nitrogens is 1. The first-order valence-electron chi connectivity index (χ1n) is 5.66. The maximum Gasteiger partial charge on any atom is 0.305 e. The Balaban J connectivity index is 1.91. The van der Waals surface area contributed by atoms with Gasteiger partial charge in [0.15, 0.2) is 4.21 Å². The van der Waals surface area contributed by atoms with Crippen molar-refractivity contribution in [1.82, 2.24) is 19.5 Å². The lowest BCUT2D eigenvalue weighted by Gasteiger charge is -2.05. The van der Waals surface area contributed by atoms with Gasteiger partial charge in [-0.2, -0.15) is 5.10 Å². The normalized spacial score (nSPS) is 11.8. The van der Waals surface area contributed by atoms with E-state index < -0.39 is 10.0 Å². The molecule has 2 heterocycles. The summed E-state index contributed by atoms with van der Waals surface area (Å²) in [4.78, 5) is 13.2. The van der Waals surface area contributed by atoms with E-state index in [0.717, 1.165) is 0 Å². The number of hydrogen-bond donors (Lipinski definition) is 2. The Hall–Kier alpha value is -1.45. The van der Waals surface area contributed by atoms with Gasteiger partial charge in [-0.05, 0) is 19.4 Å². The number of aromatic amines is 1. The first-order valence-corrected chi connectivity index (χ1v) is 7.96. The number of thiazole rings is 1. The van der Waals surface area contributed by atoms with Crippen molar-refractivity contribution in [3.8, 4) is 0 Å². The first kappa shape index (κ1) is 14.0. The highest BCUT2D eigenvalue weighted by molar-refractivity contribution is 7.91. The lowest BCUT2D eigenvalue weighted by molar-refractivity contribution is 0.553. The summed E-state index contributed by atoms with van der Waals surface area (Å²) < 4.78 is 28.1. The van der Waals surface area contributed by atoms with E-state index in [0.29, 0.717) is 36.5 Å². The smallest absolute Gasteiger partial charge is 0.305 e. The van der Waals surface area contributed by atoms with Crippen molar-refractivity contribution in [2.75, 3.05) is 6.54 Å². The summed E-state index contributed by atoms with van der Waals surface area (Å²) in [5, 5.41) is 4.02. The molecule has 0 saturated heterocycles. The maximum atomic E-state index is 11.9. The van der Waals surface area contributed by atoms with E-state index in [2.05, 4.69) is 14.8 Å². The Morgan fingerprint density at radius 2 is 2.32 bits per heavy atom. The minimum atomic E-state index is -3.60. The fraction of sp³-hybridized carbons (Fsp3) is 0.400. The van der Waals surface area contributed by atoms with E-state index in [1.54, 1.807) is 17.8 Å². The van der Waals surface area contributed by atoms with Gasteiger partial charge in [-0.25, -0.2) is 13.1 Å². The molecule has 0 spiro atoms. The molecule has 2 aromatic rings. The second-order valence-corrected chi connectivity index (χ2v) is 6.89. The lowest BCUT2D eigenvalue weighted by atomic mass is 10.4. The summed E-state index contributed by atoms with van der Waals surface area (Å²) in [5.74, 6) is 0. The van der Waals surface area contributed by atoms with Crippen molar-refractivity contribution in [1.29, 1.82) is 0 Å². The summed E-state index contributed by atoms with van der Waals surface area (Å²) in [5.41, 5.74) is 0.370. The zero-order valence-corrected chi connectivity index (χ0v) is 11.9. The van der Waals surface area contributed by atoms with E-state index in [1.165, 1.54) is 0 Å². The number of nitrogens with zero attached hydrogens (tertiary/aromatic N) is 2. The van der Waals surface area contributed by atoms with Gasteiger partial charge in [0.2, 0.25) is 0 Å². The van der Waals surface area contributed by atoms with E-state index >= 15 is 0 Å². The number of aromatic nitrogens is 3. The Labute approximate surface area is 114 Å². The third kappa shape index (κ3) is 3.52. The predicted molar refractivity (Wildman–Crippen MR) is 71.7 cm³/mol. The van der Waals surface area contributed by atoms with E-state index in [4.69, 9.17) is 0 Å². The van der Waals surface area contributed by atoms with Gasteiger partial charge >= 0.3 is 4.87 Å². The molecule has 0 aliphatic heterocycles. The van der Waals surface area contributed by atoms with Crippen LogP contribution in [0.15, 0.2) is 27.5 Å². The summed E-state index contributed by atoms with van der Waals surface area (Å²) in [6.45, 7) is 2.50. The minimum absolute atomic E-state index is 0.0524. The van der Waals surface area contributed by atoms with Crippen LogP contribution in [0.2, 0.25) is 0 Å². The molecule has 0 saturated carbocycles. The Kier molecular flexibility index (Phi) is 4.17. The first-order chi connectivity index (χ1) is 8.99. The highest BCUT2D eigenvalue weighted by Crippen LogP contribution is 2.15. The highest BCUT2D eigenvalue weighted by atomic mass is 32.2. The summed E-state index contributed by atoms with van der Waals surface area (Å²) in [6.07, 6.45) is 4.11. The van der Waals surface area contributed by atoms with Crippen LogP contribution in [0.5, 0.6) is 0 Å². The van der Waals surface area contributed by atoms with Gasteiger partial charge in [0.05, 0.1) is 0 Å². The van der Waals surface area contributed by atoms with Crippen LogP contribution < -0.4 is 9.60 Å². The lowest BCUT2D eigenvalue weighted by Crippen LogP contribution is -2.25. The van der Waals surface area contributed by atoms with Crippen LogP contribution >= 0.6 is 11.3 Å². The van der Waals surface area contributed by atoms with Gasteiger partial charge in [-0.1, -0.05) is 11.3 Å². The topological polar surface area (TPSA) is 96.9 Å². The fourth-order valence-electron chi connectivity index (χ4n) is 1.59. The number of nitrogens with one attached hydrogen (secondary N) is 2. The van der Waals surface area contributed by atoms with Crippen molar-refractivity contribution in [2.45, 2.75) is 24.1 Å².